The third kappa shape index (κ3) is 4.69. The van der Waals surface area contributed by atoms with Gasteiger partial charge in [-0.1, -0.05) is 18.2 Å². The number of carbonyl (C=O) groups excluding carboxylic acids is 1. The molecule has 1 N–H and O–H groups in total. The quantitative estimate of drug-likeness (QED) is 0.420. The van der Waals surface area contributed by atoms with Crippen LogP contribution in [0.25, 0.3) is 10.6 Å². The average molecular weight is 422 g/mol. The van der Waals surface area contributed by atoms with Crippen LogP contribution in [0.15, 0.2) is 78.2 Å². The molecule has 1 aromatic heterocycles. The maximum atomic E-state index is 13.7. The number of hydrogen-bond acceptors (Lipinski definition) is 4. The highest BCUT2D eigenvalue weighted by Gasteiger charge is 2.12. The number of thiazole rings is 1. The molecular weight excluding hydrogens is 406 g/mol. The van der Waals surface area contributed by atoms with Gasteiger partial charge in [-0.05, 0) is 48.5 Å². The van der Waals surface area contributed by atoms with E-state index < -0.39 is 11.6 Å². The molecule has 0 aliphatic heterocycles. The fourth-order valence-electron chi connectivity index (χ4n) is 2.72. The minimum absolute atomic E-state index is 0.00742. The lowest BCUT2D eigenvalue weighted by Gasteiger charge is -2.08. The Morgan fingerprint density at radius 1 is 1.00 bits per heavy atom. The predicted molar refractivity (Wildman–Crippen MR) is 113 cm³/mol. The molecule has 1 amide bonds. The zero-order valence-electron chi connectivity index (χ0n) is 15.6. The summed E-state index contributed by atoms with van der Waals surface area (Å²) >= 11 is 1.36. The standard InChI is InChI=1S/C23H16F2N2O2S/c24-17-9-6-16(20(25)12-17)13-29-19-10-7-15(8-11-19)23-27-21(14-30-23)22(28)26-18-4-2-1-3-5-18/h1-12,14H,13H2,(H,26,28). The summed E-state index contributed by atoms with van der Waals surface area (Å²) in [6.45, 7) is -0.00742. The van der Waals surface area contributed by atoms with E-state index in [1.807, 2.05) is 42.5 Å². The average Bonchev–Trinajstić information content (AvgIpc) is 3.25. The highest BCUT2D eigenvalue weighted by Crippen LogP contribution is 2.26. The Hall–Kier alpha value is -3.58. The number of benzene rings is 3. The van der Waals surface area contributed by atoms with Gasteiger partial charge in [0.05, 0.1) is 0 Å². The molecule has 4 aromatic rings. The molecule has 150 valence electrons. The van der Waals surface area contributed by atoms with E-state index in [4.69, 9.17) is 4.74 Å². The second-order valence-corrected chi connectivity index (χ2v) is 7.26. The minimum atomic E-state index is -0.643. The van der Waals surface area contributed by atoms with Crippen LogP contribution in [0.5, 0.6) is 5.75 Å². The van der Waals surface area contributed by atoms with Crippen LogP contribution in [-0.4, -0.2) is 10.9 Å². The van der Waals surface area contributed by atoms with Crippen molar-refractivity contribution in [3.8, 4) is 16.3 Å². The lowest BCUT2D eigenvalue weighted by atomic mass is 10.2. The van der Waals surface area contributed by atoms with Gasteiger partial charge in [0.25, 0.3) is 5.91 Å². The summed E-state index contributed by atoms with van der Waals surface area (Å²) in [5, 5.41) is 5.21. The Labute approximate surface area is 175 Å². The lowest BCUT2D eigenvalue weighted by Crippen LogP contribution is -2.12. The van der Waals surface area contributed by atoms with E-state index in [1.165, 1.54) is 23.5 Å². The Bertz CT molecular complexity index is 1160. The SMILES string of the molecule is O=C(Nc1ccccc1)c1csc(-c2ccc(OCc3ccc(F)cc3F)cc2)n1. The van der Waals surface area contributed by atoms with Crippen LogP contribution in [0.2, 0.25) is 0 Å². The Balaban J connectivity index is 1.40. The van der Waals surface area contributed by atoms with Crippen molar-refractivity contribution in [2.45, 2.75) is 6.61 Å². The van der Waals surface area contributed by atoms with E-state index in [1.54, 1.807) is 17.5 Å². The van der Waals surface area contributed by atoms with Crippen LogP contribution in [-0.2, 0) is 6.61 Å². The lowest BCUT2D eigenvalue weighted by molar-refractivity contribution is 0.102. The van der Waals surface area contributed by atoms with Crippen molar-refractivity contribution in [2.24, 2.45) is 0 Å². The Morgan fingerprint density at radius 3 is 2.50 bits per heavy atom. The summed E-state index contributed by atoms with van der Waals surface area (Å²) in [5.41, 5.74) is 2.15. The van der Waals surface area contributed by atoms with Gasteiger partial charge in [-0.3, -0.25) is 4.79 Å². The largest absolute Gasteiger partial charge is 0.489 e. The Morgan fingerprint density at radius 2 is 1.77 bits per heavy atom. The number of aromatic nitrogens is 1. The van der Waals surface area contributed by atoms with Crippen LogP contribution in [0.3, 0.4) is 0 Å². The van der Waals surface area contributed by atoms with Crippen molar-refractivity contribution in [3.63, 3.8) is 0 Å². The number of para-hydroxylation sites is 1. The van der Waals surface area contributed by atoms with Crippen LogP contribution in [0, 0.1) is 11.6 Å². The van der Waals surface area contributed by atoms with Crippen molar-refractivity contribution in [2.75, 3.05) is 5.32 Å². The maximum Gasteiger partial charge on any atom is 0.275 e. The summed E-state index contributed by atoms with van der Waals surface area (Å²) < 4.78 is 32.2. The van der Waals surface area contributed by atoms with Gasteiger partial charge in [-0.15, -0.1) is 11.3 Å². The second-order valence-electron chi connectivity index (χ2n) is 6.41. The molecule has 0 saturated carbocycles. The van der Waals surface area contributed by atoms with E-state index in [9.17, 15) is 13.6 Å². The molecule has 1 heterocycles. The number of carbonyl (C=O) groups is 1. The highest BCUT2D eigenvalue weighted by molar-refractivity contribution is 7.13. The molecule has 4 nitrogen and oxygen atoms in total. The third-order valence-corrected chi connectivity index (χ3v) is 5.17. The van der Waals surface area contributed by atoms with E-state index in [0.29, 0.717) is 22.1 Å². The number of hydrogen-bond donors (Lipinski definition) is 1. The zero-order valence-corrected chi connectivity index (χ0v) is 16.5. The number of amides is 1. The van der Waals surface area contributed by atoms with E-state index in [-0.39, 0.29) is 18.1 Å². The van der Waals surface area contributed by atoms with Gasteiger partial charge in [0.15, 0.2) is 0 Å². The van der Waals surface area contributed by atoms with Crippen LogP contribution in [0.1, 0.15) is 16.1 Å². The Kier molecular flexibility index (Phi) is 5.81. The van der Waals surface area contributed by atoms with Gasteiger partial charge >= 0.3 is 0 Å². The first-order chi connectivity index (χ1) is 14.6. The monoisotopic (exact) mass is 422 g/mol. The molecule has 0 fully saturated rings. The molecule has 3 aromatic carbocycles. The van der Waals surface area contributed by atoms with E-state index in [0.717, 1.165) is 11.6 Å². The normalized spacial score (nSPS) is 10.6. The molecule has 0 radical (unpaired) electrons. The van der Waals surface area contributed by atoms with Gasteiger partial charge in [-0.2, -0.15) is 0 Å². The highest BCUT2D eigenvalue weighted by atomic mass is 32.1. The van der Waals surface area contributed by atoms with Crippen molar-refractivity contribution >= 4 is 22.9 Å². The van der Waals surface area contributed by atoms with Crippen molar-refractivity contribution in [1.82, 2.24) is 4.98 Å². The van der Waals surface area contributed by atoms with Crippen LogP contribution < -0.4 is 10.1 Å². The number of nitrogens with zero attached hydrogens (tertiary/aromatic N) is 1. The topological polar surface area (TPSA) is 51.2 Å². The van der Waals surface area contributed by atoms with Gasteiger partial charge in [0.1, 0.15) is 34.7 Å². The van der Waals surface area contributed by atoms with Gasteiger partial charge in [-0.25, -0.2) is 13.8 Å². The van der Waals surface area contributed by atoms with E-state index >= 15 is 0 Å². The summed E-state index contributed by atoms with van der Waals surface area (Å²) in [6.07, 6.45) is 0. The van der Waals surface area contributed by atoms with Gasteiger partial charge in [0, 0.05) is 28.3 Å². The van der Waals surface area contributed by atoms with Crippen molar-refractivity contribution in [1.29, 1.82) is 0 Å². The number of nitrogens with one attached hydrogen (secondary N) is 1. The number of halogens is 2. The third-order valence-electron chi connectivity index (χ3n) is 4.28. The summed E-state index contributed by atoms with van der Waals surface area (Å²) in [7, 11) is 0. The zero-order chi connectivity index (χ0) is 20.9. The fraction of sp³-hybridized carbons (Fsp3) is 0.0435. The number of rotatable bonds is 6. The molecule has 0 unspecified atom stereocenters. The van der Waals surface area contributed by atoms with Gasteiger partial charge in [0.2, 0.25) is 0 Å². The smallest absolute Gasteiger partial charge is 0.275 e. The summed E-state index contributed by atoms with van der Waals surface area (Å²) in [6, 6.07) is 19.7. The first kappa shape index (κ1) is 19.7. The van der Waals surface area contributed by atoms with Crippen LogP contribution >= 0.6 is 11.3 Å². The maximum absolute atomic E-state index is 13.7. The van der Waals surface area contributed by atoms with E-state index in [2.05, 4.69) is 10.3 Å². The molecule has 4 rings (SSSR count). The summed E-state index contributed by atoms with van der Waals surface area (Å²) in [4.78, 5) is 16.7. The number of ether oxygens (including phenoxy) is 1. The molecule has 0 spiro atoms. The molecule has 30 heavy (non-hydrogen) atoms. The first-order valence-corrected chi connectivity index (χ1v) is 9.95. The fourth-order valence-corrected chi connectivity index (χ4v) is 3.53. The number of anilines is 1. The van der Waals surface area contributed by atoms with Crippen molar-refractivity contribution in [3.05, 3.63) is 101 Å². The molecule has 0 saturated heterocycles. The molecule has 7 heteroatoms. The molecule has 0 atom stereocenters. The van der Waals surface area contributed by atoms with Crippen LogP contribution in [0.4, 0.5) is 14.5 Å². The van der Waals surface area contributed by atoms with Crippen molar-refractivity contribution < 1.29 is 18.3 Å². The minimum Gasteiger partial charge on any atom is -0.489 e. The molecular formula is C23H16F2N2O2S. The molecule has 0 aliphatic rings. The molecule has 0 bridgehead atoms. The van der Waals surface area contributed by atoms with Gasteiger partial charge < -0.3 is 10.1 Å². The molecule has 0 aliphatic carbocycles. The predicted octanol–water partition coefficient (Wildman–Crippen LogP) is 5.92. The summed E-state index contributed by atoms with van der Waals surface area (Å²) in [5.74, 6) is -0.998. The second kappa shape index (κ2) is 8.84. The first-order valence-electron chi connectivity index (χ1n) is 9.07.